The molecule has 8 nitrogen and oxygen atoms in total. The molecule has 0 aliphatic carbocycles. The Kier molecular flexibility index (Phi) is 5.11. The quantitative estimate of drug-likeness (QED) is 0.352. The van der Waals surface area contributed by atoms with Crippen LogP contribution < -0.4 is 10.3 Å². The maximum absolute atomic E-state index is 13.2. The van der Waals surface area contributed by atoms with E-state index in [1.54, 1.807) is 16.9 Å². The van der Waals surface area contributed by atoms with E-state index >= 15 is 0 Å². The molecule has 0 aliphatic rings. The zero-order valence-corrected chi connectivity index (χ0v) is 19.0. The van der Waals surface area contributed by atoms with Gasteiger partial charge in [-0.25, -0.2) is 4.52 Å². The third kappa shape index (κ3) is 3.74. The highest BCUT2D eigenvalue weighted by atomic mass is 16.5. The van der Waals surface area contributed by atoms with Gasteiger partial charge in [-0.15, -0.1) is 0 Å². The molecule has 0 saturated heterocycles. The summed E-state index contributed by atoms with van der Waals surface area (Å²) in [5, 5.41) is 11.0. The number of ether oxygens (including phenoxy) is 1. The molecular formula is C27H21N5O3. The van der Waals surface area contributed by atoms with E-state index in [4.69, 9.17) is 9.26 Å². The molecule has 3 aromatic heterocycles. The van der Waals surface area contributed by atoms with Gasteiger partial charge in [0.1, 0.15) is 17.8 Å². The Bertz CT molecular complexity index is 1730. The normalized spacial score (nSPS) is 11.3. The van der Waals surface area contributed by atoms with Crippen LogP contribution in [0.25, 0.3) is 38.9 Å². The Morgan fingerprint density at radius 1 is 0.943 bits per heavy atom. The van der Waals surface area contributed by atoms with Crippen molar-refractivity contribution in [1.82, 2.24) is 24.3 Å². The van der Waals surface area contributed by atoms with Crippen molar-refractivity contribution >= 4 is 16.3 Å². The SMILES string of the molecule is CCOc1ccccc1-c1noc(Cn2ccn3nc(-c4cccc5ccccc45)cc3c2=O)n1. The highest BCUT2D eigenvalue weighted by molar-refractivity contribution is 5.96. The third-order valence-corrected chi connectivity index (χ3v) is 5.87. The van der Waals surface area contributed by atoms with Gasteiger partial charge in [-0.3, -0.25) is 4.79 Å². The van der Waals surface area contributed by atoms with E-state index in [0.29, 0.717) is 29.6 Å². The van der Waals surface area contributed by atoms with Crippen molar-refractivity contribution in [3.8, 4) is 28.4 Å². The van der Waals surface area contributed by atoms with Gasteiger partial charge in [0.05, 0.1) is 17.9 Å². The lowest BCUT2D eigenvalue weighted by Crippen LogP contribution is -2.21. The minimum Gasteiger partial charge on any atom is -0.493 e. The molecule has 3 heterocycles. The summed E-state index contributed by atoms with van der Waals surface area (Å²) in [6.07, 6.45) is 3.43. The molecule has 0 radical (unpaired) electrons. The predicted molar refractivity (Wildman–Crippen MR) is 132 cm³/mol. The second kappa shape index (κ2) is 8.57. The molecule has 0 saturated carbocycles. The van der Waals surface area contributed by atoms with Crippen LogP contribution in [-0.4, -0.2) is 30.9 Å². The van der Waals surface area contributed by atoms with Crippen molar-refractivity contribution in [3.05, 3.63) is 101 Å². The summed E-state index contributed by atoms with van der Waals surface area (Å²) in [5.41, 5.74) is 2.73. The first-order valence-corrected chi connectivity index (χ1v) is 11.3. The average molecular weight is 463 g/mol. The van der Waals surface area contributed by atoms with Crippen LogP contribution in [0.1, 0.15) is 12.8 Å². The topological polar surface area (TPSA) is 87.5 Å². The van der Waals surface area contributed by atoms with Crippen LogP contribution in [0.15, 0.2) is 94.5 Å². The van der Waals surface area contributed by atoms with Gasteiger partial charge in [0.25, 0.3) is 5.56 Å². The number of hydrogen-bond acceptors (Lipinski definition) is 6. The van der Waals surface area contributed by atoms with Gasteiger partial charge in [0, 0.05) is 18.0 Å². The molecule has 0 unspecified atom stereocenters. The maximum Gasteiger partial charge on any atom is 0.277 e. The monoisotopic (exact) mass is 463 g/mol. The van der Waals surface area contributed by atoms with Crippen LogP contribution in [0.4, 0.5) is 0 Å². The summed E-state index contributed by atoms with van der Waals surface area (Å²) in [5.74, 6) is 1.42. The molecular weight excluding hydrogens is 442 g/mol. The second-order valence-corrected chi connectivity index (χ2v) is 8.06. The molecule has 0 aliphatic heterocycles. The van der Waals surface area contributed by atoms with Gasteiger partial charge in [0.2, 0.25) is 11.7 Å². The van der Waals surface area contributed by atoms with Gasteiger partial charge in [-0.2, -0.15) is 10.1 Å². The minimum absolute atomic E-state index is 0.147. The van der Waals surface area contributed by atoms with Crippen molar-refractivity contribution < 1.29 is 9.26 Å². The van der Waals surface area contributed by atoms with Gasteiger partial charge >= 0.3 is 0 Å². The van der Waals surface area contributed by atoms with E-state index in [-0.39, 0.29) is 12.1 Å². The first-order valence-electron chi connectivity index (χ1n) is 11.3. The van der Waals surface area contributed by atoms with Gasteiger partial charge in [0.15, 0.2) is 0 Å². The number of nitrogens with zero attached hydrogens (tertiary/aromatic N) is 5. The predicted octanol–water partition coefficient (Wildman–Crippen LogP) is 4.81. The summed E-state index contributed by atoms with van der Waals surface area (Å²) in [6.45, 7) is 2.60. The number of aromatic nitrogens is 5. The molecule has 6 aromatic rings. The van der Waals surface area contributed by atoms with Crippen LogP contribution in [0.3, 0.4) is 0 Å². The smallest absolute Gasteiger partial charge is 0.277 e. The lowest BCUT2D eigenvalue weighted by Gasteiger charge is -2.06. The van der Waals surface area contributed by atoms with E-state index in [9.17, 15) is 4.79 Å². The highest BCUT2D eigenvalue weighted by Crippen LogP contribution is 2.29. The van der Waals surface area contributed by atoms with E-state index in [0.717, 1.165) is 27.6 Å². The fourth-order valence-electron chi connectivity index (χ4n) is 4.24. The van der Waals surface area contributed by atoms with E-state index in [1.165, 1.54) is 4.57 Å². The molecule has 6 rings (SSSR count). The Labute approximate surface area is 200 Å². The molecule has 0 N–H and O–H groups in total. The second-order valence-electron chi connectivity index (χ2n) is 8.06. The standard InChI is InChI=1S/C27H21N5O3/c1-2-34-24-13-6-5-11-21(24)26-28-25(35-30-26)17-31-14-15-32-23(27(31)33)16-22(29-32)20-12-7-9-18-8-3-4-10-19(18)20/h3-16H,2,17H2,1H3. The Hall–Kier alpha value is -4.72. The molecule has 0 fully saturated rings. The lowest BCUT2D eigenvalue weighted by atomic mass is 10.0. The fraction of sp³-hybridized carbons (Fsp3) is 0.111. The largest absolute Gasteiger partial charge is 0.493 e. The third-order valence-electron chi connectivity index (χ3n) is 5.87. The maximum atomic E-state index is 13.2. The van der Waals surface area contributed by atoms with Crippen LogP contribution in [0.2, 0.25) is 0 Å². The molecule has 8 heteroatoms. The molecule has 172 valence electrons. The van der Waals surface area contributed by atoms with Gasteiger partial charge in [-0.1, -0.05) is 59.8 Å². The van der Waals surface area contributed by atoms with Crippen LogP contribution in [0, 0.1) is 0 Å². The van der Waals surface area contributed by atoms with Crippen LogP contribution >= 0.6 is 0 Å². The van der Waals surface area contributed by atoms with Crippen molar-refractivity contribution in [2.24, 2.45) is 0 Å². The first kappa shape index (κ1) is 20.9. The molecule has 0 amide bonds. The van der Waals surface area contributed by atoms with Gasteiger partial charge in [-0.05, 0) is 35.9 Å². The summed E-state index contributed by atoms with van der Waals surface area (Å²) >= 11 is 0. The van der Waals surface area contributed by atoms with Crippen molar-refractivity contribution in [1.29, 1.82) is 0 Å². The fourth-order valence-corrected chi connectivity index (χ4v) is 4.24. The number of rotatable bonds is 6. The average Bonchev–Trinajstić information content (AvgIpc) is 3.54. The van der Waals surface area contributed by atoms with E-state index in [2.05, 4.69) is 33.4 Å². The van der Waals surface area contributed by atoms with E-state index < -0.39 is 0 Å². The Morgan fingerprint density at radius 3 is 2.66 bits per heavy atom. The van der Waals surface area contributed by atoms with Crippen molar-refractivity contribution in [2.75, 3.05) is 6.61 Å². The lowest BCUT2D eigenvalue weighted by molar-refractivity contribution is 0.340. The zero-order chi connectivity index (χ0) is 23.8. The summed E-state index contributed by atoms with van der Waals surface area (Å²) in [6, 6.07) is 23.5. The van der Waals surface area contributed by atoms with Crippen LogP contribution in [-0.2, 0) is 6.54 Å². The summed E-state index contributed by atoms with van der Waals surface area (Å²) in [4.78, 5) is 17.7. The number of fused-ring (bicyclic) bond motifs is 2. The summed E-state index contributed by atoms with van der Waals surface area (Å²) in [7, 11) is 0. The molecule has 35 heavy (non-hydrogen) atoms. The van der Waals surface area contributed by atoms with Crippen molar-refractivity contribution in [3.63, 3.8) is 0 Å². The molecule has 0 bridgehead atoms. The highest BCUT2D eigenvalue weighted by Gasteiger charge is 2.16. The van der Waals surface area contributed by atoms with E-state index in [1.807, 2.05) is 61.5 Å². The number of benzene rings is 3. The number of hydrogen-bond donors (Lipinski definition) is 0. The zero-order valence-electron chi connectivity index (χ0n) is 19.0. The molecule has 0 atom stereocenters. The first-order chi connectivity index (χ1) is 17.2. The summed E-state index contributed by atoms with van der Waals surface area (Å²) < 4.78 is 14.3. The van der Waals surface area contributed by atoms with Gasteiger partial charge < -0.3 is 13.8 Å². The number of para-hydroxylation sites is 1. The molecule has 3 aromatic carbocycles. The Morgan fingerprint density at radius 2 is 1.74 bits per heavy atom. The Balaban J connectivity index is 1.34. The molecule has 0 spiro atoms. The van der Waals surface area contributed by atoms with Crippen molar-refractivity contribution in [2.45, 2.75) is 13.5 Å². The minimum atomic E-state index is -0.194. The van der Waals surface area contributed by atoms with Crippen LogP contribution in [0.5, 0.6) is 5.75 Å².